The topological polar surface area (TPSA) is 70.4 Å². The minimum Gasteiger partial charge on any atom is -0.488 e. The van der Waals surface area contributed by atoms with Crippen LogP contribution < -0.4 is 9.64 Å². The minimum absolute atomic E-state index is 0.190. The summed E-state index contributed by atoms with van der Waals surface area (Å²) < 4.78 is 6.14. The van der Waals surface area contributed by atoms with Gasteiger partial charge in [0.05, 0.1) is 22.2 Å². The van der Waals surface area contributed by atoms with Crippen molar-refractivity contribution in [3.63, 3.8) is 0 Å². The van der Waals surface area contributed by atoms with E-state index in [-0.39, 0.29) is 11.8 Å². The number of amides is 2. The molecular weight excluding hydrogens is 480 g/mol. The van der Waals surface area contributed by atoms with Crippen molar-refractivity contribution in [3.05, 3.63) is 112 Å². The molecule has 4 aromatic carbocycles. The second-order valence-corrected chi connectivity index (χ2v) is 9.18. The van der Waals surface area contributed by atoms with Crippen LogP contribution in [-0.2, 0) is 11.4 Å². The van der Waals surface area contributed by atoms with Gasteiger partial charge in [-0.1, -0.05) is 60.1 Å². The van der Waals surface area contributed by atoms with Gasteiger partial charge in [0, 0.05) is 16.1 Å². The van der Waals surface area contributed by atoms with Crippen LogP contribution in [0.4, 0.5) is 10.5 Å². The molecule has 0 atom stereocenters. The Kier molecular flexibility index (Phi) is 6.28. The van der Waals surface area contributed by atoms with Gasteiger partial charge in [-0.2, -0.15) is 5.26 Å². The van der Waals surface area contributed by atoms with Crippen LogP contribution in [0.25, 0.3) is 16.8 Å². The summed E-state index contributed by atoms with van der Waals surface area (Å²) in [5, 5.41) is 11.4. The maximum Gasteiger partial charge on any atom is 0.298 e. The highest BCUT2D eigenvalue weighted by Crippen LogP contribution is 2.39. The molecule has 0 saturated carbocycles. The molecule has 35 heavy (non-hydrogen) atoms. The quantitative estimate of drug-likeness (QED) is 0.273. The Bertz CT molecular complexity index is 1540. The molecule has 0 N–H and O–H groups in total. The monoisotopic (exact) mass is 496 g/mol. The highest BCUT2D eigenvalue weighted by molar-refractivity contribution is 8.19. The lowest BCUT2D eigenvalue weighted by molar-refractivity contribution is -0.113. The number of halogens is 1. The van der Waals surface area contributed by atoms with E-state index in [1.807, 2.05) is 48.5 Å². The number of hydrogen-bond donors (Lipinski definition) is 0. The van der Waals surface area contributed by atoms with Gasteiger partial charge in [0.25, 0.3) is 11.1 Å². The normalized spacial score (nSPS) is 14.5. The van der Waals surface area contributed by atoms with E-state index >= 15 is 0 Å². The number of hydrogen-bond acceptors (Lipinski definition) is 5. The van der Waals surface area contributed by atoms with E-state index < -0.39 is 5.91 Å². The van der Waals surface area contributed by atoms with Gasteiger partial charge >= 0.3 is 0 Å². The molecule has 5 rings (SSSR count). The molecule has 1 fully saturated rings. The number of anilines is 1. The molecule has 0 unspecified atom stereocenters. The van der Waals surface area contributed by atoms with Crippen LogP contribution in [0.5, 0.6) is 5.75 Å². The maximum absolute atomic E-state index is 13.2. The average Bonchev–Trinajstić information content (AvgIpc) is 3.16. The van der Waals surface area contributed by atoms with Crippen LogP contribution in [0.1, 0.15) is 16.7 Å². The minimum atomic E-state index is -0.406. The number of carbonyl (C=O) groups excluding carboxylic acids is 2. The number of fused-ring (bicyclic) bond motifs is 1. The van der Waals surface area contributed by atoms with Gasteiger partial charge in [-0.25, -0.2) is 4.90 Å². The van der Waals surface area contributed by atoms with Crippen LogP contribution in [0.3, 0.4) is 0 Å². The Balaban J connectivity index is 1.54. The largest absolute Gasteiger partial charge is 0.488 e. The Morgan fingerprint density at radius 3 is 2.49 bits per heavy atom. The Morgan fingerprint density at radius 1 is 0.943 bits per heavy atom. The van der Waals surface area contributed by atoms with Gasteiger partial charge in [-0.3, -0.25) is 9.59 Å². The molecule has 0 aromatic heterocycles. The van der Waals surface area contributed by atoms with Gasteiger partial charge in [0.15, 0.2) is 0 Å². The number of thioether (sulfide) groups is 1. The van der Waals surface area contributed by atoms with E-state index in [9.17, 15) is 14.9 Å². The maximum atomic E-state index is 13.2. The number of rotatable bonds is 5. The molecule has 1 aliphatic rings. The predicted molar refractivity (Wildman–Crippen MR) is 139 cm³/mol. The zero-order chi connectivity index (χ0) is 24.4. The van der Waals surface area contributed by atoms with Crippen molar-refractivity contribution in [2.45, 2.75) is 6.61 Å². The van der Waals surface area contributed by atoms with Gasteiger partial charge in [0.2, 0.25) is 0 Å². The Labute approximate surface area is 211 Å². The molecule has 4 aromatic rings. The van der Waals surface area contributed by atoms with Crippen molar-refractivity contribution in [2.75, 3.05) is 4.90 Å². The molecule has 0 bridgehead atoms. The summed E-state index contributed by atoms with van der Waals surface area (Å²) in [6.45, 7) is 0.190. The third kappa shape index (κ3) is 4.52. The van der Waals surface area contributed by atoms with Crippen molar-refractivity contribution in [1.82, 2.24) is 0 Å². The number of nitriles is 1. The number of benzene rings is 4. The smallest absolute Gasteiger partial charge is 0.298 e. The number of nitrogens with zero attached hydrogens (tertiary/aromatic N) is 2. The van der Waals surface area contributed by atoms with Crippen LogP contribution in [0.2, 0.25) is 5.02 Å². The summed E-state index contributed by atoms with van der Waals surface area (Å²) in [5.74, 6) is 0.144. The summed E-state index contributed by atoms with van der Waals surface area (Å²) in [6.07, 6.45) is 1.70. The van der Waals surface area contributed by atoms with Gasteiger partial charge in [-0.05, 0) is 65.0 Å². The second kappa shape index (κ2) is 9.67. The van der Waals surface area contributed by atoms with E-state index in [0.717, 1.165) is 33.0 Å². The molecule has 1 heterocycles. The van der Waals surface area contributed by atoms with Crippen LogP contribution in [0, 0.1) is 11.3 Å². The van der Waals surface area contributed by atoms with Crippen molar-refractivity contribution >= 4 is 57.0 Å². The molecule has 0 radical (unpaired) electrons. The van der Waals surface area contributed by atoms with Crippen molar-refractivity contribution < 1.29 is 14.3 Å². The van der Waals surface area contributed by atoms with Crippen LogP contribution in [-0.4, -0.2) is 11.1 Å². The van der Waals surface area contributed by atoms with E-state index in [1.165, 1.54) is 0 Å². The Morgan fingerprint density at radius 2 is 1.69 bits per heavy atom. The molecule has 1 saturated heterocycles. The highest BCUT2D eigenvalue weighted by Gasteiger charge is 2.36. The van der Waals surface area contributed by atoms with Crippen molar-refractivity contribution in [1.29, 1.82) is 5.26 Å². The van der Waals surface area contributed by atoms with E-state index in [4.69, 9.17) is 16.3 Å². The lowest BCUT2D eigenvalue weighted by Gasteiger charge is -2.14. The number of carbonyl (C=O) groups is 2. The third-order valence-electron chi connectivity index (χ3n) is 5.61. The van der Waals surface area contributed by atoms with Crippen LogP contribution >= 0.6 is 23.4 Å². The lowest BCUT2D eigenvalue weighted by Crippen LogP contribution is -2.27. The summed E-state index contributed by atoms with van der Waals surface area (Å²) in [5.41, 5.74) is 2.46. The van der Waals surface area contributed by atoms with Crippen molar-refractivity contribution in [3.8, 4) is 11.8 Å². The Hall–Kier alpha value is -4.05. The first-order valence-electron chi connectivity index (χ1n) is 10.7. The molecule has 170 valence electrons. The highest BCUT2D eigenvalue weighted by atomic mass is 35.5. The predicted octanol–water partition coefficient (Wildman–Crippen LogP) is 7.18. The molecule has 5 nitrogen and oxygen atoms in total. The van der Waals surface area contributed by atoms with Gasteiger partial charge in [0.1, 0.15) is 12.4 Å². The fourth-order valence-electron chi connectivity index (χ4n) is 3.87. The van der Waals surface area contributed by atoms with Crippen LogP contribution in [0.15, 0.2) is 89.8 Å². The molecule has 1 aliphatic heterocycles. The van der Waals surface area contributed by atoms with E-state index in [1.54, 1.807) is 42.5 Å². The molecule has 0 aliphatic carbocycles. The van der Waals surface area contributed by atoms with Crippen molar-refractivity contribution in [2.24, 2.45) is 0 Å². The number of imide groups is 1. The summed E-state index contributed by atoms with van der Waals surface area (Å²) in [6, 6.07) is 27.5. The van der Waals surface area contributed by atoms with Gasteiger partial charge in [-0.15, -0.1) is 0 Å². The molecule has 0 spiro atoms. The zero-order valence-corrected chi connectivity index (χ0v) is 19.8. The first kappa shape index (κ1) is 22.7. The molecule has 2 amide bonds. The average molecular weight is 497 g/mol. The second-order valence-electron chi connectivity index (χ2n) is 7.75. The first-order chi connectivity index (χ1) is 17.0. The zero-order valence-electron chi connectivity index (χ0n) is 18.3. The molecule has 7 heteroatoms. The summed E-state index contributed by atoms with van der Waals surface area (Å²) in [7, 11) is 0. The fourth-order valence-corrected chi connectivity index (χ4v) is 4.82. The molecular formula is C28H17ClN2O3S. The SMILES string of the molecule is N#Cc1ccccc1COc1ccc2ccccc2c1/C=C1/SC(=O)N(c2ccc(Cl)cc2)C1=O. The number of ether oxygens (including phenoxy) is 1. The summed E-state index contributed by atoms with van der Waals surface area (Å²) >= 11 is 6.84. The van der Waals surface area contributed by atoms with Gasteiger partial charge < -0.3 is 4.74 Å². The fraction of sp³-hybridized carbons (Fsp3) is 0.0357. The first-order valence-corrected chi connectivity index (χ1v) is 11.9. The lowest BCUT2D eigenvalue weighted by atomic mass is 10.0. The standard InChI is InChI=1S/C28H17ClN2O3S/c29-21-10-12-22(13-11-21)31-27(32)26(35-28(31)33)15-24-23-8-4-3-5-18(23)9-14-25(24)34-17-20-7-2-1-6-19(20)16-30/h1-15H,17H2/b26-15+. The summed E-state index contributed by atoms with van der Waals surface area (Å²) in [4.78, 5) is 27.4. The van der Waals surface area contributed by atoms with E-state index in [2.05, 4.69) is 6.07 Å². The third-order valence-corrected chi connectivity index (χ3v) is 6.73. The van der Waals surface area contributed by atoms with E-state index in [0.29, 0.717) is 32.5 Å².